The van der Waals surface area contributed by atoms with Crippen LogP contribution in [0.5, 0.6) is 0 Å². The summed E-state index contributed by atoms with van der Waals surface area (Å²) in [6.07, 6.45) is 0. The molecule has 0 aliphatic rings. The summed E-state index contributed by atoms with van der Waals surface area (Å²) in [7, 11) is 0. The Morgan fingerprint density at radius 3 is 1.38 bits per heavy atom. The van der Waals surface area contributed by atoms with E-state index in [4.69, 9.17) is 4.74 Å². The van der Waals surface area contributed by atoms with Crippen molar-refractivity contribution in [3.8, 4) is 0 Å². The Bertz CT molecular complexity index is 16.0. The Labute approximate surface area is 65.0 Å². The molecule has 0 radical (unpaired) electrons. The van der Waals surface area contributed by atoms with Crippen molar-refractivity contribution in [1.82, 2.24) is 0 Å². The van der Waals surface area contributed by atoms with Crippen molar-refractivity contribution in [1.29, 1.82) is 0 Å². The van der Waals surface area contributed by atoms with Gasteiger partial charge in [-0.1, -0.05) is 0 Å². The van der Waals surface area contributed by atoms with Crippen molar-refractivity contribution in [2.75, 3.05) is 13.2 Å². The first-order chi connectivity index (χ1) is 3.41. The van der Waals surface area contributed by atoms with Crippen molar-refractivity contribution < 1.29 is 23.6 Å². The van der Waals surface area contributed by atoms with Crippen LogP contribution in [0.4, 0.5) is 0 Å². The van der Waals surface area contributed by atoms with Gasteiger partial charge in [0.05, 0.1) is 0 Å². The molecule has 1 nitrogen and oxygen atoms in total. The Morgan fingerprint density at radius 1 is 1.12 bits per heavy atom. The van der Waals surface area contributed by atoms with Crippen molar-refractivity contribution >= 4 is 0 Å². The first-order valence-electron chi connectivity index (χ1n) is 2.70. The summed E-state index contributed by atoms with van der Waals surface area (Å²) in [6, 6.07) is 0. The van der Waals surface area contributed by atoms with Gasteiger partial charge in [-0.25, -0.2) is 0 Å². The molecule has 0 aromatic carbocycles. The van der Waals surface area contributed by atoms with Crippen molar-refractivity contribution in [3.63, 3.8) is 0 Å². The summed E-state index contributed by atoms with van der Waals surface area (Å²) in [5.74, 6) is 0. The molecular formula is C6H15LiO. The van der Waals surface area contributed by atoms with E-state index in [9.17, 15) is 0 Å². The van der Waals surface area contributed by atoms with E-state index in [1.54, 1.807) is 6.92 Å². The molecule has 0 unspecified atom stereocenters. The average molecular weight is 110 g/mol. The Hall–Kier alpha value is 0.557. The molecule has 0 atom stereocenters. The van der Waals surface area contributed by atoms with E-state index in [0.29, 0.717) is 0 Å². The van der Waals surface area contributed by atoms with Crippen LogP contribution in [0.2, 0.25) is 0 Å². The molecular weight excluding hydrogens is 95.0 g/mol. The fourth-order valence-electron chi connectivity index (χ4n) is 0.204. The van der Waals surface area contributed by atoms with E-state index in [2.05, 4.69) is 6.92 Å². The van der Waals surface area contributed by atoms with Gasteiger partial charge >= 0.3 is 18.9 Å². The zero-order valence-corrected chi connectivity index (χ0v) is 6.53. The second-order valence-electron chi connectivity index (χ2n) is 0.781. The van der Waals surface area contributed by atoms with E-state index in [1.165, 1.54) is 0 Å². The maximum Gasteiger partial charge on any atom is 1.00 e. The minimum atomic E-state index is 0. The number of rotatable bonds is 2. The average Bonchev–Trinajstić information content (AvgIpc) is 1.75. The minimum Gasteiger partial charge on any atom is -0.382 e. The van der Waals surface area contributed by atoms with Gasteiger partial charge < -0.3 is 11.7 Å². The third kappa shape index (κ3) is 31.0. The third-order valence-corrected chi connectivity index (χ3v) is 0.408. The van der Waals surface area contributed by atoms with Gasteiger partial charge in [-0.15, -0.1) is 0 Å². The number of ether oxygens (including phenoxy) is 1. The van der Waals surface area contributed by atoms with Crippen LogP contribution in [0.15, 0.2) is 0 Å². The van der Waals surface area contributed by atoms with Gasteiger partial charge in [-0.2, -0.15) is 6.92 Å². The fourth-order valence-corrected chi connectivity index (χ4v) is 0.204. The van der Waals surface area contributed by atoms with Gasteiger partial charge in [0.15, 0.2) is 0 Å². The molecule has 0 aliphatic carbocycles. The van der Waals surface area contributed by atoms with Crippen LogP contribution in [0.3, 0.4) is 0 Å². The smallest absolute Gasteiger partial charge is 0.382 e. The maximum atomic E-state index is 4.83. The van der Waals surface area contributed by atoms with E-state index in [1.807, 2.05) is 13.8 Å². The van der Waals surface area contributed by atoms with E-state index in [-0.39, 0.29) is 18.9 Å². The molecule has 0 spiro atoms. The first kappa shape index (κ1) is 15.8. The largest absolute Gasteiger partial charge is 1.00 e. The van der Waals surface area contributed by atoms with E-state index < -0.39 is 0 Å². The fraction of sp³-hybridized carbons (Fsp3) is 0.833. The first-order valence-corrected chi connectivity index (χ1v) is 2.70. The predicted octanol–water partition coefficient (Wildman–Crippen LogP) is -1.11. The SMILES string of the molecule is CCOCC.[CH2-]C.[Li+]. The Balaban J connectivity index is -0.0000000750. The molecule has 0 aromatic heterocycles. The van der Waals surface area contributed by atoms with Gasteiger partial charge in [0.1, 0.15) is 0 Å². The predicted molar refractivity (Wildman–Crippen MR) is 33.2 cm³/mol. The molecule has 0 rings (SSSR count). The van der Waals surface area contributed by atoms with Crippen molar-refractivity contribution in [2.24, 2.45) is 0 Å². The minimum absolute atomic E-state index is 0. The van der Waals surface area contributed by atoms with Crippen LogP contribution in [0, 0.1) is 6.92 Å². The molecule has 0 saturated heterocycles. The second kappa shape index (κ2) is 25.7. The topological polar surface area (TPSA) is 9.23 Å². The van der Waals surface area contributed by atoms with Crippen LogP contribution in [-0.2, 0) is 4.74 Å². The zero-order chi connectivity index (χ0) is 6.12. The van der Waals surface area contributed by atoms with Gasteiger partial charge in [0.2, 0.25) is 0 Å². The summed E-state index contributed by atoms with van der Waals surface area (Å²) in [4.78, 5) is 0. The van der Waals surface area contributed by atoms with Crippen LogP contribution in [-0.4, -0.2) is 13.2 Å². The molecule has 0 aliphatic heterocycles. The Morgan fingerprint density at radius 2 is 1.38 bits per heavy atom. The van der Waals surface area contributed by atoms with Crippen molar-refractivity contribution in [3.05, 3.63) is 6.92 Å². The summed E-state index contributed by atoms with van der Waals surface area (Å²) < 4.78 is 4.83. The molecule has 8 heavy (non-hydrogen) atoms. The molecule has 0 fully saturated rings. The van der Waals surface area contributed by atoms with E-state index in [0.717, 1.165) is 13.2 Å². The maximum absolute atomic E-state index is 4.83. The molecule has 2 heteroatoms. The number of hydrogen-bond donors (Lipinski definition) is 0. The van der Waals surface area contributed by atoms with Gasteiger partial charge in [-0.05, 0) is 13.8 Å². The van der Waals surface area contributed by atoms with Crippen LogP contribution < -0.4 is 18.9 Å². The third-order valence-electron chi connectivity index (χ3n) is 0.408. The monoisotopic (exact) mass is 110 g/mol. The van der Waals surface area contributed by atoms with Gasteiger partial charge in [-0.3, -0.25) is 0 Å². The molecule has 0 heterocycles. The summed E-state index contributed by atoms with van der Waals surface area (Å²) in [5.41, 5.74) is 0. The normalized spacial score (nSPS) is 6.00. The standard InChI is InChI=1S/C4H10O.C2H5.Li/c1-3-5-4-2;1-2;/h3-4H2,1-2H3;1H2,2H3;/q;-1;+1. The Kier molecular flexibility index (Phi) is 50.8. The van der Waals surface area contributed by atoms with Crippen LogP contribution >= 0.6 is 0 Å². The molecule has 0 aromatic rings. The van der Waals surface area contributed by atoms with Crippen LogP contribution in [0.1, 0.15) is 20.8 Å². The van der Waals surface area contributed by atoms with Crippen LogP contribution in [0.25, 0.3) is 0 Å². The molecule has 0 bridgehead atoms. The number of hydrogen-bond acceptors (Lipinski definition) is 1. The molecule has 46 valence electrons. The van der Waals surface area contributed by atoms with E-state index >= 15 is 0 Å². The van der Waals surface area contributed by atoms with Gasteiger partial charge in [0.25, 0.3) is 0 Å². The quantitative estimate of drug-likeness (QED) is 0.323. The zero-order valence-electron chi connectivity index (χ0n) is 6.53. The van der Waals surface area contributed by atoms with Crippen molar-refractivity contribution in [2.45, 2.75) is 20.8 Å². The second-order valence-corrected chi connectivity index (χ2v) is 0.781. The summed E-state index contributed by atoms with van der Waals surface area (Å²) >= 11 is 0. The molecule has 0 amide bonds. The summed E-state index contributed by atoms with van der Waals surface area (Å²) in [5, 5.41) is 0. The molecule has 0 saturated carbocycles. The summed E-state index contributed by atoms with van der Waals surface area (Å²) in [6.45, 7) is 10.7. The molecule has 0 N–H and O–H groups in total. The van der Waals surface area contributed by atoms with Gasteiger partial charge in [0, 0.05) is 13.2 Å².